The van der Waals surface area contributed by atoms with E-state index in [0.717, 1.165) is 23.9 Å². The Morgan fingerprint density at radius 2 is 2.09 bits per heavy atom. The largest absolute Gasteiger partial charge is 0.354 e. The molecule has 0 fully saturated rings. The lowest BCUT2D eigenvalue weighted by atomic mass is 9.99. The number of hydrogen-bond acceptors (Lipinski definition) is 4. The van der Waals surface area contributed by atoms with Crippen LogP contribution in [0.3, 0.4) is 0 Å². The lowest BCUT2D eigenvalue weighted by Gasteiger charge is -2.15. The predicted octanol–water partition coefficient (Wildman–Crippen LogP) is 2.12. The van der Waals surface area contributed by atoms with E-state index in [0.29, 0.717) is 23.4 Å². The lowest BCUT2D eigenvalue weighted by molar-refractivity contribution is -0.122. The van der Waals surface area contributed by atoms with Crippen molar-refractivity contribution in [2.24, 2.45) is 5.92 Å². The first-order chi connectivity index (χ1) is 11.2. The van der Waals surface area contributed by atoms with Gasteiger partial charge in [-0.15, -0.1) is 5.10 Å². The molecule has 0 spiro atoms. The van der Waals surface area contributed by atoms with E-state index in [-0.39, 0.29) is 18.0 Å². The Balaban J connectivity index is 1.98. The van der Waals surface area contributed by atoms with Gasteiger partial charge in [0.25, 0.3) is 5.56 Å². The molecule has 0 aliphatic rings. The van der Waals surface area contributed by atoms with Gasteiger partial charge < -0.3 is 5.32 Å². The topological polar surface area (TPSA) is 76.9 Å². The average molecular weight is 316 g/mol. The molecule has 1 aromatic heterocycles. The highest BCUT2D eigenvalue weighted by Gasteiger charge is 2.11. The van der Waals surface area contributed by atoms with Crippen molar-refractivity contribution in [3.8, 4) is 0 Å². The van der Waals surface area contributed by atoms with Crippen LogP contribution in [0.2, 0.25) is 0 Å². The summed E-state index contributed by atoms with van der Waals surface area (Å²) in [6.07, 6.45) is 4.48. The smallest absolute Gasteiger partial charge is 0.278 e. The quantitative estimate of drug-likeness (QED) is 0.809. The van der Waals surface area contributed by atoms with E-state index in [1.165, 1.54) is 6.42 Å². The Labute approximate surface area is 135 Å². The van der Waals surface area contributed by atoms with Gasteiger partial charge in [-0.3, -0.25) is 9.59 Å². The number of unbranched alkanes of at least 4 members (excludes halogenated alkanes) is 1. The second-order valence-electron chi connectivity index (χ2n) is 5.79. The van der Waals surface area contributed by atoms with Gasteiger partial charge in [-0.05, 0) is 24.5 Å². The fourth-order valence-corrected chi connectivity index (χ4v) is 2.52. The molecule has 23 heavy (non-hydrogen) atoms. The Kier molecular flexibility index (Phi) is 6.26. The molecule has 1 amide bonds. The van der Waals surface area contributed by atoms with Crippen molar-refractivity contribution < 1.29 is 4.79 Å². The molecule has 1 unspecified atom stereocenters. The van der Waals surface area contributed by atoms with Crippen molar-refractivity contribution in [3.05, 3.63) is 34.6 Å². The first kappa shape index (κ1) is 17.1. The minimum atomic E-state index is -0.288. The van der Waals surface area contributed by atoms with E-state index >= 15 is 0 Å². The number of hydrogen-bond donors (Lipinski definition) is 1. The van der Waals surface area contributed by atoms with E-state index in [2.05, 4.69) is 29.5 Å². The van der Waals surface area contributed by atoms with Crippen LogP contribution in [0.4, 0.5) is 0 Å². The summed E-state index contributed by atoms with van der Waals surface area (Å²) in [6, 6.07) is 7.00. The Morgan fingerprint density at radius 1 is 1.30 bits per heavy atom. The fourth-order valence-electron chi connectivity index (χ4n) is 2.52. The molecule has 0 bridgehead atoms. The molecule has 6 nitrogen and oxygen atoms in total. The summed E-state index contributed by atoms with van der Waals surface area (Å²) in [5.41, 5.74) is 0.253. The molecule has 1 atom stereocenters. The highest BCUT2D eigenvalue weighted by molar-refractivity contribution is 5.78. The number of carbonyl (C=O) groups excluding carboxylic acids is 1. The number of benzene rings is 1. The SMILES string of the molecule is CCCCC(CC)CNC(=O)Cn1nnc2ccccc2c1=O. The van der Waals surface area contributed by atoms with Gasteiger partial charge in [-0.25, -0.2) is 4.68 Å². The van der Waals surface area contributed by atoms with Crippen LogP contribution >= 0.6 is 0 Å². The van der Waals surface area contributed by atoms with Crippen molar-refractivity contribution in [2.75, 3.05) is 6.54 Å². The van der Waals surface area contributed by atoms with Gasteiger partial charge in [0, 0.05) is 6.54 Å². The number of aromatic nitrogens is 3. The van der Waals surface area contributed by atoms with Gasteiger partial charge in [-0.1, -0.05) is 50.5 Å². The van der Waals surface area contributed by atoms with E-state index in [1.807, 2.05) is 0 Å². The number of carbonyl (C=O) groups is 1. The van der Waals surface area contributed by atoms with E-state index in [1.54, 1.807) is 24.3 Å². The number of nitrogens with one attached hydrogen (secondary N) is 1. The molecule has 2 rings (SSSR count). The van der Waals surface area contributed by atoms with Crippen LogP contribution in [-0.4, -0.2) is 27.4 Å². The van der Waals surface area contributed by atoms with Gasteiger partial charge in [0.2, 0.25) is 5.91 Å². The fraction of sp³-hybridized carbons (Fsp3) is 0.529. The summed E-state index contributed by atoms with van der Waals surface area (Å²) >= 11 is 0. The monoisotopic (exact) mass is 316 g/mol. The van der Waals surface area contributed by atoms with E-state index < -0.39 is 0 Å². The maximum atomic E-state index is 12.3. The first-order valence-corrected chi connectivity index (χ1v) is 8.25. The average Bonchev–Trinajstić information content (AvgIpc) is 2.58. The van der Waals surface area contributed by atoms with Crippen LogP contribution in [-0.2, 0) is 11.3 Å². The molecule has 6 heteroatoms. The van der Waals surface area contributed by atoms with Gasteiger partial charge in [-0.2, -0.15) is 0 Å². The molecule has 0 saturated heterocycles. The zero-order chi connectivity index (χ0) is 16.7. The molecule has 0 saturated carbocycles. The van der Waals surface area contributed by atoms with Gasteiger partial charge in [0.05, 0.1) is 5.39 Å². The first-order valence-electron chi connectivity index (χ1n) is 8.25. The molecule has 0 aliphatic carbocycles. The molecule has 1 heterocycles. The van der Waals surface area contributed by atoms with E-state index in [9.17, 15) is 9.59 Å². The summed E-state index contributed by atoms with van der Waals surface area (Å²) in [5, 5.41) is 11.2. The molecular formula is C17H24N4O2. The number of nitrogens with zero attached hydrogens (tertiary/aromatic N) is 3. The second-order valence-corrected chi connectivity index (χ2v) is 5.79. The third-order valence-corrected chi connectivity index (χ3v) is 4.05. The standard InChI is InChI=1S/C17H24N4O2/c1-3-5-8-13(4-2)11-18-16(22)12-21-17(23)14-9-6-7-10-15(14)19-20-21/h6-7,9-10,13H,3-5,8,11-12H2,1-2H3,(H,18,22). The summed E-state index contributed by atoms with van der Waals surface area (Å²) in [4.78, 5) is 24.3. The van der Waals surface area contributed by atoms with Crippen LogP contribution in [0.15, 0.2) is 29.1 Å². The van der Waals surface area contributed by atoms with E-state index in [4.69, 9.17) is 0 Å². The Bertz CT molecular complexity index is 711. The zero-order valence-corrected chi connectivity index (χ0v) is 13.8. The van der Waals surface area contributed by atoms with Crippen molar-refractivity contribution in [1.29, 1.82) is 0 Å². The molecular weight excluding hydrogens is 292 g/mol. The third-order valence-electron chi connectivity index (χ3n) is 4.05. The second kappa shape index (κ2) is 8.41. The van der Waals surface area contributed by atoms with Crippen LogP contribution in [0.5, 0.6) is 0 Å². The Hall–Kier alpha value is -2.24. The zero-order valence-electron chi connectivity index (χ0n) is 13.8. The molecule has 0 aliphatic heterocycles. The van der Waals surface area contributed by atoms with Crippen LogP contribution in [0.25, 0.3) is 10.9 Å². The molecule has 124 valence electrons. The highest BCUT2D eigenvalue weighted by Crippen LogP contribution is 2.11. The molecule has 2 aromatic rings. The number of fused-ring (bicyclic) bond motifs is 1. The van der Waals surface area contributed by atoms with Crippen LogP contribution in [0.1, 0.15) is 39.5 Å². The van der Waals surface area contributed by atoms with Crippen molar-refractivity contribution in [1.82, 2.24) is 20.3 Å². The molecule has 0 radical (unpaired) electrons. The predicted molar refractivity (Wildman–Crippen MR) is 90.1 cm³/mol. The molecule has 1 aromatic carbocycles. The Morgan fingerprint density at radius 3 is 2.83 bits per heavy atom. The summed E-state index contributed by atoms with van der Waals surface area (Å²) < 4.78 is 1.12. The van der Waals surface area contributed by atoms with Crippen LogP contribution < -0.4 is 10.9 Å². The minimum Gasteiger partial charge on any atom is -0.354 e. The highest BCUT2D eigenvalue weighted by atomic mass is 16.2. The maximum absolute atomic E-state index is 12.3. The van der Waals surface area contributed by atoms with Gasteiger partial charge in [0.15, 0.2) is 0 Å². The summed E-state index contributed by atoms with van der Waals surface area (Å²) in [6.45, 7) is 4.84. The lowest BCUT2D eigenvalue weighted by Crippen LogP contribution is -2.36. The van der Waals surface area contributed by atoms with Crippen molar-refractivity contribution >= 4 is 16.8 Å². The maximum Gasteiger partial charge on any atom is 0.278 e. The molecule has 1 N–H and O–H groups in total. The summed E-state index contributed by atoms with van der Waals surface area (Å²) in [7, 11) is 0. The summed E-state index contributed by atoms with van der Waals surface area (Å²) in [5.74, 6) is 0.282. The van der Waals surface area contributed by atoms with Crippen LogP contribution in [0, 0.1) is 5.92 Å². The van der Waals surface area contributed by atoms with Gasteiger partial charge in [0.1, 0.15) is 12.1 Å². The number of amides is 1. The van der Waals surface area contributed by atoms with Crippen molar-refractivity contribution in [3.63, 3.8) is 0 Å². The minimum absolute atomic E-state index is 0.0963. The third kappa shape index (κ3) is 4.61. The normalized spacial score (nSPS) is 12.3. The van der Waals surface area contributed by atoms with Crippen molar-refractivity contribution in [2.45, 2.75) is 46.1 Å². The van der Waals surface area contributed by atoms with Gasteiger partial charge >= 0.3 is 0 Å². The number of rotatable bonds is 8.